The molecule has 0 aromatic rings. The summed E-state index contributed by atoms with van der Waals surface area (Å²) in [5.41, 5.74) is -4.25. The Bertz CT molecular complexity index is 783. The second-order valence-electron chi connectivity index (χ2n) is 12.0. The van der Waals surface area contributed by atoms with Crippen molar-refractivity contribution in [3.05, 3.63) is 0 Å². The van der Waals surface area contributed by atoms with Crippen LogP contribution in [0.3, 0.4) is 0 Å². The highest BCUT2D eigenvalue weighted by molar-refractivity contribution is 5.81. The van der Waals surface area contributed by atoms with Gasteiger partial charge in [-0.15, -0.1) is 0 Å². The van der Waals surface area contributed by atoms with E-state index in [9.17, 15) is 24.6 Å². The van der Waals surface area contributed by atoms with Crippen LogP contribution in [0.5, 0.6) is 0 Å². The van der Waals surface area contributed by atoms with Gasteiger partial charge in [-0.2, -0.15) is 0 Å². The Morgan fingerprint density at radius 1 is 0.906 bits per heavy atom. The summed E-state index contributed by atoms with van der Waals surface area (Å²) in [5.74, 6) is -2.36. The Kier molecular flexibility index (Phi) is 6.22. The normalized spacial score (nSPS) is 36.0. The van der Waals surface area contributed by atoms with Crippen LogP contribution in [0.2, 0.25) is 0 Å². The van der Waals surface area contributed by atoms with E-state index < -0.39 is 53.3 Å². The first-order chi connectivity index (χ1) is 14.5. The maximum Gasteiger partial charge on any atom is 0.344 e. The molecule has 0 radical (unpaired) electrons. The fraction of sp³-hybridized carbons (Fsp3) is 0.875. The Labute approximate surface area is 190 Å². The molecule has 5 atom stereocenters. The molecular weight excluding hydrogens is 416 g/mol. The zero-order chi connectivity index (χ0) is 24.2. The highest BCUT2D eigenvalue weighted by atomic mass is 16.6. The smallest absolute Gasteiger partial charge is 0.344 e. The van der Waals surface area contributed by atoms with Crippen molar-refractivity contribution in [1.29, 1.82) is 0 Å². The molecule has 5 unspecified atom stereocenters. The number of carbonyl (C=O) groups excluding carboxylic acids is 3. The third kappa shape index (κ3) is 4.67. The predicted octanol–water partition coefficient (Wildman–Crippen LogP) is 2.52. The molecule has 4 aliphatic carbocycles. The second-order valence-corrected chi connectivity index (χ2v) is 12.0. The monoisotopic (exact) mass is 454 g/mol. The van der Waals surface area contributed by atoms with Crippen molar-refractivity contribution in [3.63, 3.8) is 0 Å². The zero-order valence-electron chi connectivity index (χ0n) is 20.2. The van der Waals surface area contributed by atoms with Gasteiger partial charge < -0.3 is 24.4 Å². The van der Waals surface area contributed by atoms with Crippen LogP contribution >= 0.6 is 0 Å². The lowest BCUT2D eigenvalue weighted by Crippen LogP contribution is -2.74. The Morgan fingerprint density at radius 3 is 2.09 bits per heavy atom. The second kappa shape index (κ2) is 7.97. The molecule has 0 amide bonds. The molecule has 4 bridgehead atoms. The Balaban J connectivity index is 1.63. The fourth-order valence-electron chi connectivity index (χ4n) is 6.78. The van der Waals surface area contributed by atoms with Gasteiger partial charge in [-0.25, -0.2) is 9.59 Å². The zero-order valence-corrected chi connectivity index (χ0v) is 20.2. The van der Waals surface area contributed by atoms with Crippen LogP contribution in [0.15, 0.2) is 0 Å². The number of esters is 3. The number of carbonyl (C=O) groups is 3. The standard InChI is InChI=1S/C24H38O8/c1-7-21(5,6)19(27)31-11-16(25)30-12-17(26)32-24-10-15-8-22(28,14-24)13-23(29,9-15)18(24)20(2,3)4/h15,18,28-29H,7-14H2,1-6H3. The van der Waals surface area contributed by atoms with Gasteiger partial charge in [0.15, 0.2) is 13.2 Å². The summed E-state index contributed by atoms with van der Waals surface area (Å²) in [4.78, 5) is 36.6. The molecular formula is C24H38O8. The summed E-state index contributed by atoms with van der Waals surface area (Å²) in [6, 6.07) is 0. The molecule has 2 N–H and O–H groups in total. The molecule has 0 aromatic heterocycles. The van der Waals surface area contributed by atoms with Crippen molar-refractivity contribution in [3.8, 4) is 0 Å². The summed E-state index contributed by atoms with van der Waals surface area (Å²) >= 11 is 0. The molecule has 32 heavy (non-hydrogen) atoms. The number of ether oxygens (including phenoxy) is 3. The van der Waals surface area contributed by atoms with Crippen LogP contribution in [0.4, 0.5) is 0 Å². The molecule has 4 aliphatic rings. The van der Waals surface area contributed by atoms with Crippen LogP contribution in [0.1, 0.15) is 80.1 Å². The maximum atomic E-state index is 12.7. The molecule has 0 aromatic carbocycles. The number of rotatable bonds is 7. The minimum absolute atomic E-state index is 0.0720. The van der Waals surface area contributed by atoms with Crippen LogP contribution < -0.4 is 0 Å². The van der Waals surface area contributed by atoms with E-state index >= 15 is 0 Å². The lowest BCUT2D eigenvalue weighted by Gasteiger charge is -2.68. The van der Waals surface area contributed by atoms with Crippen molar-refractivity contribution in [1.82, 2.24) is 0 Å². The van der Waals surface area contributed by atoms with Gasteiger partial charge in [-0.05, 0) is 50.9 Å². The van der Waals surface area contributed by atoms with Gasteiger partial charge in [0, 0.05) is 18.8 Å². The molecule has 4 saturated carbocycles. The van der Waals surface area contributed by atoms with Gasteiger partial charge in [0.1, 0.15) is 5.60 Å². The minimum Gasteiger partial charge on any atom is -0.456 e. The third-order valence-corrected chi connectivity index (χ3v) is 7.56. The van der Waals surface area contributed by atoms with E-state index in [4.69, 9.17) is 14.2 Å². The first-order valence-electron chi connectivity index (χ1n) is 11.5. The number of hydrogen-bond acceptors (Lipinski definition) is 8. The lowest BCUT2D eigenvalue weighted by molar-refractivity contribution is -0.312. The average molecular weight is 455 g/mol. The van der Waals surface area contributed by atoms with Crippen molar-refractivity contribution >= 4 is 17.9 Å². The highest BCUT2D eigenvalue weighted by Gasteiger charge is 2.71. The molecule has 182 valence electrons. The summed E-state index contributed by atoms with van der Waals surface area (Å²) < 4.78 is 15.9. The molecule has 0 saturated heterocycles. The van der Waals surface area contributed by atoms with Gasteiger partial charge in [0.25, 0.3) is 0 Å². The summed E-state index contributed by atoms with van der Waals surface area (Å²) in [6.45, 7) is 10.1. The van der Waals surface area contributed by atoms with Crippen molar-refractivity contribution < 1.29 is 38.8 Å². The van der Waals surface area contributed by atoms with Gasteiger partial charge in [-0.3, -0.25) is 4.79 Å². The first kappa shape index (κ1) is 25.0. The number of aliphatic hydroxyl groups is 2. The van der Waals surface area contributed by atoms with Gasteiger partial charge in [0.2, 0.25) is 0 Å². The van der Waals surface area contributed by atoms with Gasteiger partial charge in [0.05, 0.1) is 16.6 Å². The van der Waals surface area contributed by atoms with E-state index in [0.717, 1.165) is 0 Å². The molecule has 4 fully saturated rings. The largest absolute Gasteiger partial charge is 0.456 e. The maximum absolute atomic E-state index is 12.7. The van der Waals surface area contributed by atoms with E-state index in [1.54, 1.807) is 13.8 Å². The van der Waals surface area contributed by atoms with Crippen LogP contribution in [0.25, 0.3) is 0 Å². The average Bonchev–Trinajstić information content (AvgIpc) is 2.59. The summed E-state index contributed by atoms with van der Waals surface area (Å²) in [7, 11) is 0. The molecule has 0 heterocycles. The molecule has 8 heteroatoms. The van der Waals surface area contributed by atoms with E-state index in [0.29, 0.717) is 25.7 Å². The Hall–Kier alpha value is -1.67. The minimum atomic E-state index is -1.11. The molecule has 0 aliphatic heterocycles. The summed E-state index contributed by atoms with van der Waals surface area (Å²) in [6.07, 6.45) is 2.87. The van der Waals surface area contributed by atoms with E-state index in [2.05, 4.69) is 0 Å². The van der Waals surface area contributed by atoms with E-state index in [-0.39, 0.29) is 30.1 Å². The van der Waals surface area contributed by atoms with Crippen LogP contribution in [-0.4, -0.2) is 58.1 Å². The van der Waals surface area contributed by atoms with Crippen molar-refractivity contribution in [2.24, 2.45) is 22.7 Å². The van der Waals surface area contributed by atoms with Crippen LogP contribution in [0, 0.1) is 22.7 Å². The summed E-state index contributed by atoms with van der Waals surface area (Å²) in [5, 5.41) is 22.6. The Morgan fingerprint density at radius 2 is 1.53 bits per heavy atom. The van der Waals surface area contributed by atoms with E-state index in [1.165, 1.54) is 0 Å². The number of hydrogen-bond donors (Lipinski definition) is 2. The molecule has 4 rings (SSSR count). The van der Waals surface area contributed by atoms with Gasteiger partial charge in [-0.1, -0.05) is 27.7 Å². The van der Waals surface area contributed by atoms with Crippen LogP contribution in [-0.2, 0) is 28.6 Å². The molecule has 0 spiro atoms. The van der Waals surface area contributed by atoms with Crippen molar-refractivity contribution in [2.75, 3.05) is 13.2 Å². The third-order valence-electron chi connectivity index (χ3n) is 7.56. The fourth-order valence-corrected chi connectivity index (χ4v) is 6.78. The van der Waals surface area contributed by atoms with E-state index in [1.807, 2.05) is 27.7 Å². The highest BCUT2D eigenvalue weighted by Crippen LogP contribution is 2.66. The topological polar surface area (TPSA) is 119 Å². The SMILES string of the molecule is CCC(C)(C)C(=O)OCC(=O)OCC(=O)OC12CC3CC(O)(CC(O)(C3)C1C(C)(C)C)C2. The lowest BCUT2D eigenvalue weighted by atomic mass is 9.42. The van der Waals surface area contributed by atoms with Crippen molar-refractivity contribution in [2.45, 2.75) is 96.9 Å². The van der Waals surface area contributed by atoms with Gasteiger partial charge >= 0.3 is 17.9 Å². The predicted molar refractivity (Wildman–Crippen MR) is 114 cm³/mol. The first-order valence-corrected chi connectivity index (χ1v) is 11.5. The quantitative estimate of drug-likeness (QED) is 0.445. The molecule has 8 nitrogen and oxygen atoms in total.